The summed E-state index contributed by atoms with van der Waals surface area (Å²) < 4.78 is 4.88. The topological polar surface area (TPSA) is 58.6 Å². The molecular formula is C14H26N2O3. The Hall–Kier alpha value is -1.36. The highest BCUT2D eigenvalue weighted by molar-refractivity contribution is 5.80. The summed E-state index contributed by atoms with van der Waals surface area (Å²) >= 11 is 0. The number of rotatable bonds is 9. The largest absolute Gasteiger partial charge is 0.465 e. The summed E-state index contributed by atoms with van der Waals surface area (Å²) in [5.74, 6) is -0.426. The van der Waals surface area contributed by atoms with Crippen molar-refractivity contribution in [3.05, 3.63) is 12.7 Å². The fourth-order valence-corrected chi connectivity index (χ4v) is 1.47. The first kappa shape index (κ1) is 17.6. The third kappa shape index (κ3) is 8.37. The van der Waals surface area contributed by atoms with Crippen LogP contribution in [0.4, 0.5) is 0 Å². The quantitative estimate of drug-likeness (QED) is 0.507. The van der Waals surface area contributed by atoms with E-state index in [1.807, 2.05) is 20.8 Å². The minimum Gasteiger partial charge on any atom is -0.465 e. The zero-order valence-corrected chi connectivity index (χ0v) is 12.5. The average molecular weight is 270 g/mol. The Bertz CT molecular complexity index is 314. The molecule has 19 heavy (non-hydrogen) atoms. The molecule has 0 rings (SSSR count). The second-order valence-corrected chi connectivity index (χ2v) is 5.05. The van der Waals surface area contributed by atoms with Crippen LogP contribution in [-0.4, -0.2) is 48.6 Å². The lowest BCUT2D eigenvalue weighted by atomic mass is 10.0. The number of carbonyl (C=O) groups is 2. The van der Waals surface area contributed by atoms with Crippen LogP contribution in [-0.2, 0) is 14.3 Å². The van der Waals surface area contributed by atoms with Crippen molar-refractivity contribution in [2.45, 2.75) is 39.7 Å². The molecule has 0 heterocycles. The molecule has 0 aromatic heterocycles. The van der Waals surface area contributed by atoms with Gasteiger partial charge in [0.2, 0.25) is 5.91 Å². The van der Waals surface area contributed by atoms with Crippen LogP contribution in [0.1, 0.15) is 34.1 Å². The van der Waals surface area contributed by atoms with Gasteiger partial charge in [-0.2, -0.15) is 0 Å². The molecule has 0 aromatic rings. The summed E-state index contributed by atoms with van der Waals surface area (Å²) in [6.07, 6.45) is 2.51. The summed E-state index contributed by atoms with van der Waals surface area (Å²) in [5, 5.41) is 2.93. The smallest absolute Gasteiger partial charge is 0.320 e. The Balaban J connectivity index is 4.37. The van der Waals surface area contributed by atoms with Gasteiger partial charge in [0, 0.05) is 12.1 Å². The van der Waals surface area contributed by atoms with Crippen LogP contribution >= 0.6 is 0 Å². The van der Waals surface area contributed by atoms with Crippen molar-refractivity contribution in [2.24, 2.45) is 0 Å². The molecular weight excluding hydrogens is 244 g/mol. The minimum absolute atomic E-state index is 0.0971. The molecule has 0 aromatic carbocycles. The molecule has 0 spiro atoms. The first-order valence-corrected chi connectivity index (χ1v) is 6.64. The van der Waals surface area contributed by atoms with E-state index in [2.05, 4.69) is 11.9 Å². The maximum absolute atomic E-state index is 11.9. The third-order valence-electron chi connectivity index (χ3n) is 2.77. The Morgan fingerprint density at radius 3 is 2.42 bits per heavy atom. The maximum atomic E-state index is 11.9. The summed E-state index contributed by atoms with van der Waals surface area (Å²) in [6, 6.07) is 0. The molecule has 110 valence electrons. The fourth-order valence-electron chi connectivity index (χ4n) is 1.47. The van der Waals surface area contributed by atoms with E-state index in [9.17, 15) is 9.59 Å². The van der Waals surface area contributed by atoms with Gasteiger partial charge in [-0.3, -0.25) is 14.5 Å². The molecule has 1 N–H and O–H groups in total. The van der Waals surface area contributed by atoms with Crippen molar-refractivity contribution in [3.8, 4) is 0 Å². The number of esters is 1. The zero-order chi connectivity index (χ0) is 14.9. The van der Waals surface area contributed by atoms with Crippen molar-refractivity contribution in [1.82, 2.24) is 10.2 Å². The van der Waals surface area contributed by atoms with Crippen LogP contribution in [0, 0.1) is 0 Å². The average Bonchev–Trinajstić information content (AvgIpc) is 2.28. The normalized spacial score (nSPS) is 11.2. The Morgan fingerprint density at radius 2 is 1.95 bits per heavy atom. The highest BCUT2D eigenvalue weighted by atomic mass is 16.5. The molecule has 0 bridgehead atoms. The molecule has 0 unspecified atom stereocenters. The zero-order valence-electron chi connectivity index (χ0n) is 12.5. The van der Waals surface area contributed by atoms with E-state index >= 15 is 0 Å². The molecule has 0 fully saturated rings. The minimum atomic E-state index is -0.327. The lowest BCUT2D eigenvalue weighted by molar-refractivity contribution is -0.144. The second kappa shape index (κ2) is 8.69. The molecule has 1 amide bonds. The van der Waals surface area contributed by atoms with Gasteiger partial charge in [-0.1, -0.05) is 13.0 Å². The van der Waals surface area contributed by atoms with E-state index in [0.29, 0.717) is 13.2 Å². The van der Waals surface area contributed by atoms with Gasteiger partial charge in [0.1, 0.15) is 0 Å². The Morgan fingerprint density at radius 1 is 1.32 bits per heavy atom. The lowest BCUT2D eigenvalue weighted by Gasteiger charge is -2.26. The van der Waals surface area contributed by atoms with E-state index in [0.717, 1.165) is 6.42 Å². The number of hydrogen-bond donors (Lipinski definition) is 1. The van der Waals surface area contributed by atoms with Gasteiger partial charge in [-0.05, 0) is 27.2 Å². The van der Waals surface area contributed by atoms with Gasteiger partial charge >= 0.3 is 5.97 Å². The van der Waals surface area contributed by atoms with Crippen molar-refractivity contribution in [2.75, 3.05) is 26.2 Å². The van der Waals surface area contributed by atoms with E-state index in [4.69, 9.17) is 4.74 Å². The second-order valence-electron chi connectivity index (χ2n) is 5.05. The van der Waals surface area contributed by atoms with E-state index in [1.54, 1.807) is 17.9 Å². The number of carbonyl (C=O) groups excluding carboxylic acids is 2. The predicted molar refractivity (Wildman–Crippen MR) is 75.8 cm³/mol. The van der Waals surface area contributed by atoms with Crippen LogP contribution in [0.25, 0.3) is 0 Å². The third-order valence-corrected chi connectivity index (χ3v) is 2.77. The van der Waals surface area contributed by atoms with Crippen molar-refractivity contribution in [3.63, 3.8) is 0 Å². The van der Waals surface area contributed by atoms with Crippen LogP contribution < -0.4 is 5.32 Å². The number of hydrogen-bond acceptors (Lipinski definition) is 4. The first-order valence-electron chi connectivity index (χ1n) is 6.64. The van der Waals surface area contributed by atoms with Crippen LogP contribution in [0.2, 0.25) is 0 Å². The highest BCUT2D eigenvalue weighted by Gasteiger charge is 2.20. The standard InChI is InChI=1S/C14H26N2O3/c1-6-9-16(11-13(18)19-8-3)10-12(17)15-14(4,5)7-2/h6H,1,7-11H2,2-5H3,(H,15,17). The molecule has 0 saturated heterocycles. The van der Waals surface area contributed by atoms with Crippen LogP contribution in [0.3, 0.4) is 0 Å². The summed E-state index contributed by atoms with van der Waals surface area (Å²) in [4.78, 5) is 25.0. The number of ether oxygens (including phenoxy) is 1. The molecule has 0 aliphatic heterocycles. The van der Waals surface area contributed by atoms with Crippen molar-refractivity contribution < 1.29 is 14.3 Å². The molecule has 0 aliphatic rings. The summed E-state index contributed by atoms with van der Waals surface area (Å²) in [7, 11) is 0. The van der Waals surface area contributed by atoms with Crippen molar-refractivity contribution >= 4 is 11.9 Å². The molecule has 0 aliphatic carbocycles. The molecule has 5 nitrogen and oxygen atoms in total. The van der Waals surface area contributed by atoms with Gasteiger partial charge in [-0.25, -0.2) is 0 Å². The number of nitrogens with zero attached hydrogens (tertiary/aromatic N) is 1. The number of nitrogens with one attached hydrogen (secondary N) is 1. The summed E-state index contributed by atoms with van der Waals surface area (Å²) in [6.45, 7) is 12.4. The molecule has 0 radical (unpaired) electrons. The first-order chi connectivity index (χ1) is 8.84. The lowest BCUT2D eigenvalue weighted by Crippen LogP contribution is -2.48. The van der Waals surface area contributed by atoms with Gasteiger partial charge in [-0.15, -0.1) is 6.58 Å². The van der Waals surface area contributed by atoms with E-state index < -0.39 is 0 Å². The monoisotopic (exact) mass is 270 g/mol. The predicted octanol–water partition coefficient (Wildman–Crippen LogP) is 1.34. The molecule has 0 saturated carbocycles. The van der Waals surface area contributed by atoms with Crippen LogP contribution in [0.15, 0.2) is 12.7 Å². The SMILES string of the molecule is C=CCN(CC(=O)NC(C)(C)CC)CC(=O)OCC. The molecule has 0 atom stereocenters. The molecule has 5 heteroatoms. The van der Waals surface area contributed by atoms with E-state index in [-0.39, 0.29) is 30.5 Å². The highest BCUT2D eigenvalue weighted by Crippen LogP contribution is 2.06. The maximum Gasteiger partial charge on any atom is 0.320 e. The number of amides is 1. The fraction of sp³-hybridized carbons (Fsp3) is 0.714. The van der Waals surface area contributed by atoms with Gasteiger partial charge in [0.25, 0.3) is 0 Å². The van der Waals surface area contributed by atoms with Gasteiger partial charge in [0.05, 0.1) is 19.7 Å². The van der Waals surface area contributed by atoms with Crippen molar-refractivity contribution in [1.29, 1.82) is 0 Å². The summed E-state index contributed by atoms with van der Waals surface area (Å²) in [5.41, 5.74) is -0.235. The van der Waals surface area contributed by atoms with Crippen LogP contribution in [0.5, 0.6) is 0 Å². The Kier molecular flexibility index (Phi) is 8.07. The van der Waals surface area contributed by atoms with E-state index in [1.165, 1.54) is 0 Å². The Labute approximate surface area is 116 Å². The van der Waals surface area contributed by atoms with Gasteiger partial charge < -0.3 is 10.1 Å². The van der Waals surface area contributed by atoms with Gasteiger partial charge in [0.15, 0.2) is 0 Å².